The summed E-state index contributed by atoms with van der Waals surface area (Å²) in [6.07, 6.45) is 2.68. The zero-order valence-corrected chi connectivity index (χ0v) is 21.2. The van der Waals surface area contributed by atoms with Crippen LogP contribution in [0.1, 0.15) is 68.5 Å². The molecular formula is C29H32N4O2. The van der Waals surface area contributed by atoms with Crippen LogP contribution in [0.2, 0.25) is 0 Å². The van der Waals surface area contributed by atoms with E-state index >= 15 is 0 Å². The second-order valence-corrected chi connectivity index (χ2v) is 10.3. The Morgan fingerprint density at radius 1 is 1.20 bits per heavy atom. The van der Waals surface area contributed by atoms with Crippen LogP contribution in [0, 0.1) is 18.3 Å². The van der Waals surface area contributed by atoms with E-state index in [4.69, 9.17) is 9.40 Å². The summed E-state index contributed by atoms with van der Waals surface area (Å²) in [7, 11) is 1.76. The monoisotopic (exact) mass is 468 g/mol. The average molecular weight is 469 g/mol. The van der Waals surface area contributed by atoms with Crippen molar-refractivity contribution in [2.24, 2.45) is 7.05 Å². The third-order valence-corrected chi connectivity index (χ3v) is 7.93. The van der Waals surface area contributed by atoms with Gasteiger partial charge in [-0.05, 0) is 61.4 Å². The van der Waals surface area contributed by atoms with Crippen molar-refractivity contribution in [2.75, 3.05) is 18.0 Å². The Morgan fingerprint density at radius 3 is 2.63 bits per heavy atom. The molecule has 5 rings (SSSR count). The highest BCUT2D eigenvalue weighted by atomic mass is 16.3. The Kier molecular flexibility index (Phi) is 5.67. The predicted molar refractivity (Wildman–Crippen MR) is 140 cm³/mol. The van der Waals surface area contributed by atoms with Gasteiger partial charge in [0.25, 0.3) is 5.56 Å². The number of benzene rings is 2. The Bertz CT molecular complexity index is 1530. The summed E-state index contributed by atoms with van der Waals surface area (Å²) < 4.78 is 7.79. The number of hydrogen-bond acceptors (Lipinski definition) is 5. The summed E-state index contributed by atoms with van der Waals surface area (Å²) in [5, 5.41) is 10.9. The highest BCUT2D eigenvalue weighted by Gasteiger charge is 2.37. The van der Waals surface area contributed by atoms with Crippen LogP contribution in [0.15, 0.2) is 45.6 Å². The third kappa shape index (κ3) is 3.80. The first-order valence-corrected chi connectivity index (χ1v) is 12.4. The van der Waals surface area contributed by atoms with Gasteiger partial charge in [-0.1, -0.05) is 39.0 Å². The number of piperidine rings is 1. The fraction of sp³-hybridized carbons (Fsp3) is 0.414. The maximum absolute atomic E-state index is 13.2. The number of aromatic nitrogens is 2. The van der Waals surface area contributed by atoms with Crippen LogP contribution in [0.3, 0.4) is 0 Å². The lowest BCUT2D eigenvalue weighted by Gasteiger charge is -2.39. The summed E-state index contributed by atoms with van der Waals surface area (Å²) >= 11 is 0. The zero-order valence-electron chi connectivity index (χ0n) is 21.2. The first-order chi connectivity index (χ1) is 16.8. The van der Waals surface area contributed by atoms with Gasteiger partial charge in [0.05, 0.1) is 11.2 Å². The van der Waals surface area contributed by atoms with Crippen molar-refractivity contribution in [1.82, 2.24) is 9.55 Å². The Morgan fingerprint density at radius 2 is 1.94 bits per heavy atom. The van der Waals surface area contributed by atoms with Gasteiger partial charge in [0.2, 0.25) is 5.89 Å². The number of aryl methyl sites for hydroxylation is 2. The van der Waals surface area contributed by atoms with E-state index in [0.717, 1.165) is 71.5 Å². The van der Waals surface area contributed by atoms with E-state index in [0.29, 0.717) is 5.92 Å². The molecule has 0 bridgehead atoms. The van der Waals surface area contributed by atoms with Gasteiger partial charge in [0.1, 0.15) is 17.1 Å². The van der Waals surface area contributed by atoms with Crippen molar-refractivity contribution in [2.45, 2.75) is 58.3 Å². The van der Waals surface area contributed by atoms with Crippen molar-refractivity contribution in [1.29, 1.82) is 5.26 Å². The minimum atomic E-state index is -0.237. The molecule has 0 aliphatic carbocycles. The molecule has 0 N–H and O–H groups in total. The topological polar surface area (TPSA) is 75.1 Å². The highest BCUT2D eigenvalue weighted by Crippen LogP contribution is 2.40. The summed E-state index contributed by atoms with van der Waals surface area (Å²) in [6.45, 7) is 10.1. The lowest BCUT2D eigenvalue weighted by atomic mass is 9.80. The summed E-state index contributed by atoms with van der Waals surface area (Å²) in [5.74, 6) is 1.18. The van der Waals surface area contributed by atoms with Crippen molar-refractivity contribution in [3.05, 3.63) is 69.3 Å². The fourth-order valence-electron chi connectivity index (χ4n) is 5.24. The van der Waals surface area contributed by atoms with Crippen LogP contribution in [-0.4, -0.2) is 22.6 Å². The van der Waals surface area contributed by atoms with Gasteiger partial charge in [0.15, 0.2) is 5.58 Å². The van der Waals surface area contributed by atoms with E-state index in [-0.39, 0.29) is 16.5 Å². The lowest BCUT2D eigenvalue weighted by molar-refractivity contribution is 0.292. The van der Waals surface area contributed by atoms with Crippen LogP contribution >= 0.6 is 0 Å². The number of rotatable bonds is 4. The normalized spacial score (nSPS) is 16.5. The molecular weight excluding hydrogens is 436 g/mol. The second kappa shape index (κ2) is 8.57. The number of oxazole rings is 1. The van der Waals surface area contributed by atoms with E-state index in [2.05, 4.69) is 62.9 Å². The number of nitriles is 1. The molecule has 2 aromatic heterocycles. The third-order valence-electron chi connectivity index (χ3n) is 7.93. The Balaban J connectivity index is 1.53. The van der Waals surface area contributed by atoms with Crippen molar-refractivity contribution in [3.8, 4) is 6.07 Å². The van der Waals surface area contributed by atoms with Gasteiger partial charge in [-0.15, -0.1) is 0 Å². The molecule has 0 unspecified atom stereocenters. The smallest absolute Gasteiger partial charge is 0.270 e. The van der Waals surface area contributed by atoms with Crippen molar-refractivity contribution in [3.63, 3.8) is 0 Å². The maximum Gasteiger partial charge on any atom is 0.270 e. The molecule has 180 valence electrons. The van der Waals surface area contributed by atoms with E-state index in [1.165, 1.54) is 5.56 Å². The van der Waals surface area contributed by atoms with E-state index in [1.54, 1.807) is 11.6 Å². The van der Waals surface area contributed by atoms with Crippen LogP contribution in [0.25, 0.3) is 22.0 Å². The van der Waals surface area contributed by atoms with Gasteiger partial charge in [-0.25, -0.2) is 4.98 Å². The van der Waals surface area contributed by atoms with Crippen LogP contribution in [0.5, 0.6) is 0 Å². The number of pyridine rings is 1. The summed E-state index contributed by atoms with van der Waals surface area (Å²) in [6, 6.07) is 14.6. The molecule has 1 saturated heterocycles. The Hall–Kier alpha value is -3.59. The number of anilines is 1. The van der Waals surface area contributed by atoms with Gasteiger partial charge < -0.3 is 13.9 Å². The predicted octanol–water partition coefficient (Wildman–Crippen LogP) is 5.93. The Labute approximate surface area is 205 Å². The minimum Gasteiger partial charge on any atom is -0.440 e. The first-order valence-electron chi connectivity index (χ1n) is 12.4. The first kappa shape index (κ1) is 23.2. The van der Waals surface area contributed by atoms with Crippen molar-refractivity contribution < 1.29 is 4.42 Å². The van der Waals surface area contributed by atoms with Crippen LogP contribution < -0.4 is 10.5 Å². The molecule has 0 spiro atoms. The van der Waals surface area contributed by atoms with Crippen molar-refractivity contribution >= 4 is 27.7 Å². The SMILES string of the molecule is CC[C@H](C)c1ccc2c(N3CCC(C)(c4nc5cc(C)ccc5o4)CC3)c(C#N)c(=O)n(C)c2c1. The maximum atomic E-state index is 13.2. The van der Waals surface area contributed by atoms with Crippen LogP contribution in [0.4, 0.5) is 5.69 Å². The zero-order chi connectivity index (χ0) is 24.9. The molecule has 4 aromatic rings. The average Bonchev–Trinajstić information content (AvgIpc) is 3.30. The quantitative estimate of drug-likeness (QED) is 0.371. The largest absolute Gasteiger partial charge is 0.440 e. The van der Waals surface area contributed by atoms with Gasteiger partial charge in [0, 0.05) is 30.9 Å². The molecule has 0 saturated carbocycles. The highest BCUT2D eigenvalue weighted by molar-refractivity contribution is 5.95. The molecule has 3 heterocycles. The number of hydrogen-bond donors (Lipinski definition) is 0. The van der Waals surface area contributed by atoms with Gasteiger partial charge in [-0.3, -0.25) is 4.79 Å². The molecule has 1 atom stereocenters. The molecule has 1 fully saturated rings. The number of nitrogens with zero attached hydrogens (tertiary/aromatic N) is 4. The molecule has 6 nitrogen and oxygen atoms in total. The number of fused-ring (bicyclic) bond motifs is 2. The lowest BCUT2D eigenvalue weighted by Crippen LogP contribution is -2.42. The van der Waals surface area contributed by atoms with E-state index < -0.39 is 0 Å². The molecule has 0 amide bonds. The molecule has 2 aromatic carbocycles. The minimum absolute atomic E-state index is 0.199. The second-order valence-electron chi connectivity index (χ2n) is 10.3. The molecule has 0 radical (unpaired) electrons. The molecule has 1 aliphatic rings. The van der Waals surface area contributed by atoms with E-state index in [9.17, 15) is 10.1 Å². The molecule has 6 heteroatoms. The molecule has 35 heavy (non-hydrogen) atoms. The molecule has 1 aliphatic heterocycles. The van der Waals surface area contributed by atoms with Crippen LogP contribution in [-0.2, 0) is 12.5 Å². The van der Waals surface area contributed by atoms with Gasteiger partial charge in [-0.2, -0.15) is 5.26 Å². The van der Waals surface area contributed by atoms with Gasteiger partial charge >= 0.3 is 0 Å². The fourth-order valence-corrected chi connectivity index (χ4v) is 5.24. The summed E-state index contributed by atoms with van der Waals surface area (Å²) in [4.78, 5) is 20.2. The van der Waals surface area contributed by atoms with E-state index in [1.807, 2.05) is 12.1 Å². The standard InChI is InChI=1S/C29H32N4O2/c1-6-19(3)20-8-9-21-24(16-20)32(5)27(34)22(17-30)26(21)33-13-11-29(4,12-14-33)28-31-23-15-18(2)7-10-25(23)35-28/h7-10,15-16,19H,6,11-14H2,1-5H3/t19-/m0/s1. The summed E-state index contributed by atoms with van der Waals surface area (Å²) in [5.41, 5.74) is 5.51.